The molecule has 1 heterocycles. The van der Waals surface area contributed by atoms with Crippen LogP contribution < -0.4 is 19.5 Å². The molecule has 0 spiro atoms. The van der Waals surface area contributed by atoms with Gasteiger partial charge in [-0.3, -0.25) is 4.79 Å². The number of amides is 1. The van der Waals surface area contributed by atoms with Crippen LogP contribution in [0.25, 0.3) is 0 Å². The lowest BCUT2D eigenvalue weighted by atomic mass is 9.99. The van der Waals surface area contributed by atoms with Crippen LogP contribution in [0.4, 0.5) is 0 Å². The number of rotatable bonds is 8. The summed E-state index contributed by atoms with van der Waals surface area (Å²) in [7, 11) is 4.60. The first-order valence-corrected chi connectivity index (χ1v) is 8.90. The lowest BCUT2D eigenvalue weighted by Gasteiger charge is -2.30. The normalized spacial score (nSPS) is 15.7. The summed E-state index contributed by atoms with van der Waals surface area (Å²) in [6.07, 6.45) is 3.49. The van der Waals surface area contributed by atoms with Crippen molar-refractivity contribution in [2.75, 3.05) is 47.5 Å². The largest absolute Gasteiger partial charge is 0.493 e. The van der Waals surface area contributed by atoms with Gasteiger partial charge in [-0.1, -0.05) is 6.92 Å². The van der Waals surface area contributed by atoms with Gasteiger partial charge in [0.15, 0.2) is 11.5 Å². The minimum Gasteiger partial charge on any atom is -0.493 e. The fourth-order valence-corrected chi connectivity index (χ4v) is 3.17. The average Bonchev–Trinajstić information content (AvgIpc) is 2.64. The monoisotopic (exact) mass is 350 g/mol. The Hall–Kier alpha value is -1.95. The quantitative estimate of drug-likeness (QED) is 0.730. The second kappa shape index (κ2) is 9.51. The molecule has 1 aliphatic rings. The van der Waals surface area contributed by atoms with Gasteiger partial charge in [-0.05, 0) is 56.9 Å². The highest BCUT2D eigenvalue weighted by Crippen LogP contribution is 2.39. The van der Waals surface area contributed by atoms with Crippen molar-refractivity contribution in [3.8, 4) is 17.2 Å². The molecule has 1 aromatic rings. The zero-order chi connectivity index (χ0) is 18.2. The molecule has 6 heteroatoms. The minimum atomic E-state index is -0.162. The van der Waals surface area contributed by atoms with E-state index < -0.39 is 0 Å². The Morgan fingerprint density at radius 2 is 1.80 bits per heavy atom. The molecule has 0 saturated carbocycles. The van der Waals surface area contributed by atoms with Crippen molar-refractivity contribution in [2.24, 2.45) is 5.92 Å². The number of hydrogen-bond donors (Lipinski definition) is 1. The first kappa shape index (κ1) is 19.4. The molecule has 1 saturated heterocycles. The summed E-state index contributed by atoms with van der Waals surface area (Å²) in [4.78, 5) is 15.0. The molecule has 0 unspecified atom stereocenters. The van der Waals surface area contributed by atoms with Crippen LogP contribution in [0.3, 0.4) is 0 Å². The van der Waals surface area contributed by atoms with Gasteiger partial charge < -0.3 is 24.4 Å². The predicted octanol–water partition coefficient (Wildman–Crippen LogP) is 2.56. The van der Waals surface area contributed by atoms with E-state index in [1.54, 1.807) is 19.2 Å². The number of piperidine rings is 1. The van der Waals surface area contributed by atoms with Crippen molar-refractivity contribution in [1.82, 2.24) is 10.2 Å². The van der Waals surface area contributed by atoms with Crippen LogP contribution in [0, 0.1) is 5.92 Å². The molecule has 6 nitrogen and oxygen atoms in total. The number of hydrogen-bond acceptors (Lipinski definition) is 5. The highest BCUT2D eigenvalue weighted by molar-refractivity contribution is 5.98. The Balaban J connectivity index is 1.88. The Morgan fingerprint density at radius 1 is 1.12 bits per heavy atom. The van der Waals surface area contributed by atoms with E-state index in [1.165, 1.54) is 40.2 Å². The number of carbonyl (C=O) groups is 1. The van der Waals surface area contributed by atoms with Crippen molar-refractivity contribution in [1.29, 1.82) is 0 Å². The van der Waals surface area contributed by atoms with Crippen LogP contribution in [-0.2, 0) is 0 Å². The van der Waals surface area contributed by atoms with E-state index in [4.69, 9.17) is 14.2 Å². The topological polar surface area (TPSA) is 60.0 Å². The Morgan fingerprint density at radius 3 is 2.40 bits per heavy atom. The van der Waals surface area contributed by atoms with Gasteiger partial charge in [0.05, 0.1) is 26.9 Å². The second-order valence-corrected chi connectivity index (χ2v) is 6.52. The van der Waals surface area contributed by atoms with Crippen LogP contribution in [0.2, 0.25) is 0 Å². The average molecular weight is 350 g/mol. The molecule has 1 N–H and O–H groups in total. The van der Waals surface area contributed by atoms with E-state index in [2.05, 4.69) is 17.1 Å². The highest BCUT2D eigenvalue weighted by Gasteiger charge is 2.20. The number of methoxy groups -OCH3 is 3. The maximum atomic E-state index is 12.5. The maximum absolute atomic E-state index is 12.5. The van der Waals surface area contributed by atoms with Crippen molar-refractivity contribution >= 4 is 5.91 Å². The van der Waals surface area contributed by atoms with Crippen molar-refractivity contribution in [3.05, 3.63) is 17.7 Å². The van der Waals surface area contributed by atoms with Gasteiger partial charge >= 0.3 is 0 Å². The summed E-state index contributed by atoms with van der Waals surface area (Å²) >= 11 is 0. The summed E-state index contributed by atoms with van der Waals surface area (Å²) in [5.41, 5.74) is 0.451. The second-order valence-electron chi connectivity index (χ2n) is 6.52. The number of carbonyl (C=O) groups excluding carboxylic acids is 1. The summed E-state index contributed by atoms with van der Waals surface area (Å²) in [6.45, 7) is 6.31. The maximum Gasteiger partial charge on any atom is 0.255 e. The van der Waals surface area contributed by atoms with Gasteiger partial charge in [0.1, 0.15) is 0 Å². The summed E-state index contributed by atoms with van der Waals surface area (Å²) in [6, 6.07) is 3.41. The van der Waals surface area contributed by atoms with E-state index in [9.17, 15) is 4.79 Å². The zero-order valence-electron chi connectivity index (χ0n) is 15.8. The molecule has 2 rings (SSSR count). The third-order valence-electron chi connectivity index (χ3n) is 4.76. The molecule has 140 valence electrons. The van der Waals surface area contributed by atoms with Gasteiger partial charge in [-0.25, -0.2) is 0 Å². The van der Waals surface area contributed by atoms with Crippen molar-refractivity contribution < 1.29 is 19.0 Å². The van der Waals surface area contributed by atoms with Crippen molar-refractivity contribution in [2.45, 2.75) is 26.2 Å². The Kier molecular flexibility index (Phi) is 7.37. The fraction of sp³-hybridized carbons (Fsp3) is 0.632. The molecular weight excluding hydrogens is 320 g/mol. The molecule has 0 radical (unpaired) electrons. The summed E-state index contributed by atoms with van der Waals surface area (Å²) in [5, 5.41) is 2.97. The van der Waals surface area contributed by atoms with E-state index in [0.29, 0.717) is 29.4 Å². The van der Waals surface area contributed by atoms with Crippen LogP contribution in [0.1, 0.15) is 36.5 Å². The van der Waals surface area contributed by atoms with Crippen LogP contribution >= 0.6 is 0 Å². The van der Waals surface area contributed by atoms with Gasteiger partial charge in [0.25, 0.3) is 5.91 Å². The van der Waals surface area contributed by atoms with Gasteiger partial charge in [-0.15, -0.1) is 0 Å². The molecule has 0 aromatic heterocycles. The standard InChI is InChI=1S/C19H30N2O4/c1-14-8-12-21(13-9-14)11-5-10-20-19(22)15-6-7-16(23-2)18(25-4)17(15)24-3/h6-7,14H,5,8-13H2,1-4H3,(H,20,22). The highest BCUT2D eigenvalue weighted by atomic mass is 16.5. The fourth-order valence-electron chi connectivity index (χ4n) is 3.17. The van der Waals surface area contributed by atoms with Crippen LogP contribution in [-0.4, -0.2) is 58.3 Å². The number of ether oxygens (including phenoxy) is 3. The predicted molar refractivity (Wildman–Crippen MR) is 97.9 cm³/mol. The van der Waals surface area contributed by atoms with E-state index >= 15 is 0 Å². The molecule has 1 aliphatic heterocycles. The first-order chi connectivity index (χ1) is 12.1. The number of nitrogens with zero attached hydrogens (tertiary/aromatic N) is 1. The molecule has 0 atom stereocenters. The molecule has 0 bridgehead atoms. The Labute approximate surface area is 150 Å². The van der Waals surface area contributed by atoms with Gasteiger partial charge in [0.2, 0.25) is 5.75 Å². The molecular formula is C19H30N2O4. The van der Waals surface area contributed by atoms with Gasteiger partial charge in [-0.2, -0.15) is 0 Å². The lowest BCUT2D eigenvalue weighted by Crippen LogP contribution is -2.35. The third-order valence-corrected chi connectivity index (χ3v) is 4.76. The van der Waals surface area contributed by atoms with Gasteiger partial charge in [0, 0.05) is 6.54 Å². The molecule has 25 heavy (non-hydrogen) atoms. The van der Waals surface area contributed by atoms with Crippen LogP contribution in [0.15, 0.2) is 12.1 Å². The van der Waals surface area contributed by atoms with Crippen molar-refractivity contribution in [3.63, 3.8) is 0 Å². The summed E-state index contributed by atoms with van der Waals surface area (Å²) in [5.74, 6) is 2.04. The minimum absolute atomic E-state index is 0.162. The molecule has 1 aromatic carbocycles. The molecule has 0 aliphatic carbocycles. The smallest absolute Gasteiger partial charge is 0.255 e. The Bertz CT molecular complexity index is 569. The molecule has 1 fully saturated rings. The van der Waals surface area contributed by atoms with E-state index in [0.717, 1.165) is 18.9 Å². The number of nitrogens with one attached hydrogen (secondary N) is 1. The summed E-state index contributed by atoms with van der Waals surface area (Å²) < 4.78 is 15.9. The van der Waals surface area contributed by atoms with E-state index in [1.807, 2.05) is 0 Å². The lowest BCUT2D eigenvalue weighted by molar-refractivity contribution is 0.0946. The van der Waals surface area contributed by atoms with Crippen LogP contribution in [0.5, 0.6) is 17.2 Å². The third kappa shape index (κ3) is 5.01. The SMILES string of the molecule is COc1ccc(C(=O)NCCCN2CCC(C)CC2)c(OC)c1OC. The number of likely N-dealkylation sites (tertiary alicyclic amines) is 1. The molecule has 1 amide bonds. The first-order valence-electron chi connectivity index (χ1n) is 8.90. The zero-order valence-corrected chi connectivity index (χ0v) is 15.8. The number of benzene rings is 1. The van der Waals surface area contributed by atoms with E-state index in [-0.39, 0.29) is 5.91 Å².